The van der Waals surface area contributed by atoms with Gasteiger partial charge in [0.25, 0.3) is 5.91 Å². The van der Waals surface area contributed by atoms with Crippen LogP contribution in [0.15, 0.2) is 0 Å². The first-order chi connectivity index (χ1) is 21.8. The highest BCUT2D eigenvalue weighted by molar-refractivity contribution is 5.88. The van der Waals surface area contributed by atoms with Crippen molar-refractivity contribution in [3.05, 3.63) is 0 Å². The Morgan fingerprint density at radius 1 is 0.809 bits per heavy atom. The number of hydroxylamine groups is 2. The van der Waals surface area contributed by atoms with Crippen LogP contribution < -0.4 is 0 Å². The average molecular weight is 664 g/mol. The Labute approximate surface area is 286 Å². The number of aliphatic hydroxyl groups excluding tert-OH is 1. The van der Waals surface area contributed by atoms with Crippen molar-refractivity contribution in [3.8, 4) is 0 Å². The van der Waals surface area contributed by atoms with E-state index in [1.165, 1.54) is 25.7 Å². The quantitative estimate of drug-likeness (QED) is 0.274. The lowest BCUT2D eigenvalue weighted by Crippen LogP contribution is -2.67. The summed E-state index contributed by atoms with van der Waals surface area (Å²) in [5.74, 6) is -0.130. The van der Waals surface area contributed by atoms with E-state index in [0.29, 0.717) is 45.3 Å². The molecule has 1 saturated carbocycles. The number of carbonyl (C=O) groups is 2. The summed E-state index contributed by atoms with van der Waals surface area (Å²) in [6, 6.07) is 0. The SMILES string of the molecule is CCON1C(C)(C)CC2(CC1(C)C)OC1(CCCCCCCCCC1)N(CC(O)CN1C(C)(C)CC(OC(=O)CC)CC1(C)C)C2=O. The highest BCUT2D eigenvalue weighted by Gasteiger charge is 2.66. The molecule has 1 unspecified atom stereocenters. The van der Waals surface area contributed by atoms with Crippen LogP contribution in [0.1, 0.15) is 166 Å². The molecule has 3 aliphatic heterocycles. The van der Waals surface area contributed by atoms with E-state index >= 15 is 4.79 Å². The normalized spacial score (nSPS) is 28.7. The summed E-state index contributed by atoms with van der Waals surface area (Å²) in [6.07, 6.45) is 12.8. The minimum absolute atomic E-state index is 0.0347. The monoisotopic (exact) mass is 664 g/mol. The number of hydrogen-bond acceptors (Lipinski definition) is 8. The summed E-state index contributed by atoms with van der Waals surface area (Å²) in [6.45, 7) is 22.4. The van der Waals surface area contributed by atoms with Gasteiger partial charge in [0.1, 0.15) is 11.8 Å². The lowest BCUT2D eigenvalue weighted by Gasteiger charge is -2.56. The number of esters is 1. The molecule has 0 radical (unpaired) electrons. The molecular formula is C38H69N3O6. The Hall–Kier alpha value is -1.26. The van der Waals surface area contributed by atoms with Gasteiger partial charge in [-0.3, -0.25) is 19.3 Å². The maximum atomic E-state index is 15.0. The molecule has 3 saturated heterocycles. The highest BCUT2D eigenvalue weighted by Crippen LogP contribution is 2.54. The molecule has 2 spiro atoms. The first kappa shape index (κ1) is 38.5. The van der Waals surface area contributed by atoms with E-state index in [0.717, 1.165) is 38.5 Å². The third-order valence-corrected chi connectivity index (χ3v) is 11.5. The van der Waals surface area contributed by atoms with E-state index in [4.69, 9.17) is 14.3 Å². The highest BCUT2D eigenvalue weighted by atomic mass is 16.7. The van der Waals surface area contributed by atoms with Gasteiger partial charge in [0.05, 0.1) is 19.3 Å². The Morgan fingerprint density at radius 3 is 1.77 bits per heavy atom. The number of nitrogens with zero attached hydrogens (tertiary/aromatic N) is 3. The molecule has 47 heavy (non-hydrogen) atoms. The van der Waals surface area contributed by atoms with Crippen LogP contribution in [-0.2, 0) is 23.9 Å². The molecule has 4 fully saturated rings. The Kier molecular flexibility index (Phi) is 11.9. The molecule has 0 bridgehead atoms. The fraction of sp³-hybridized carbons (Fsp3) is 0.947. The minimum atomic E-state index is -0.972. The number of piperidine rings is 2. The van der Waals surface area contributed by atoms with Gasteiger partial charge >= 0.3 is 5.97 Å². The molecule has 272 valence electrons. The Balaban J connectivity index is 1.64. The summed E-state index contributed by atoms with van der Waals surface area (Å²) >= 11 is 0. The van der Waals surface area contributed by atoms with Crippen molar-refractivity contribution < 1.29 is 29.0 Å². The molecule has 1 aliphatic carbocycles. The van der Waals surface area contributed by atoms with E-state index in [1.54, 1.807) is 0 Å². The molecule has 9 heteroatoms. The maximum absolute atomic E-state index is 15.0. The molecule has 1 amide bonds. The second kappa shape index (κ2) is 14.5. The summed E-state index contributed by atoms with van der Waals surface area (Å²) < 4.78 is 13.2. The van der Waals surface area contributed by atoms with Crippen LogP contribution in [0.2, 0.25) is 0 Å². The van der Waals surface area contributed by atoms with E-state index in [9.17, 15) is 9.90 Å². The van der Waals surface area contributed by atoms with Crippen LogP contribution in [0.25, 0.3) is 0 Å². The van der Waals surface area contributed by atoms with Gasteiger partial charge in [-0.2, -0.15) is 5.06 Å². The second-order valence-electron chi connectivity index (χ2n) is 17.7. The van der Waals surface area contributed by atoms with Crippen LogP contribution in [-0.4, -0.2) is 97.2 Å². The van der Waals surface area contributed by atoms with Crippen molar-refractivity contribution in [1.29, 1.82) is 0 Å². The topological polar surface area (TPSA) is 91.8 Å². The van der Waals surface area contributed by atoms with Gasteiger partial charge in [-0.05, 0) is 88.0 Å². The van der Waals surface area contributed by atoms with Crippen LogP contribution in [0.3, 0.4) is 0 Å². The largest absolute Gasteiger partial charge is 0.462 e. The van der Waals surface area contributed by atoms with Crippen LogP contribution in [0.5, 0.6) is 0 Å². The predicted octanol–water partition coefficient (Wildman–Crippen LogP) is 7.14. The maximum Gasteiger partial charge on any atom is 0.305 e. The molecule has 0 aromatic rings. The number of likely N-dealkylation sites (tertiary alicyclic amines) is 1. The van der Waals surface area contributed by atoms with Crippen LogP contribution in [0.4, 0.5) is 0 Å². The van der Waals surface area contributed by atoms with E-state index in [1.807, 2.05) is 18.7 Å². The van der Waals surface area contributed by atoms with E-state index in [-0.39, 0.29) is 35.6 Å². The van der Waals surface area contributed by atoms with Gasteiger partial charge in [-0.1, -0.05) is 45.4 Å². The minimum Gasteiger partial charge on any atom is -0.462 e. The van der Waals surface area contributed by atoms with Gasteiger partial charge in [-0.15, -0.1) is 0 Å². The van der Waals surface area contributed by atoms with Gasteiger partial charge < -0.3 is 19.5 Å². The van der Waals surface area contributed by atoms with Crippen molar-refractivity contribution in [2.75, 3.05) is 19.7 Å². The van der Waals surface area contributed by atoms with E-state index in [2.05, 4.69) is 65.4 Å². The third-order valence-electron chi connectivity index (χ3n) is 11.5. The van der Waals surface area contributed by atoms with Gasteiger partial charge in [0.2, 0.25) is 0 Å². The van der Waals surface area contributed by atoms with Crippen LogP contribution >= 0.6 is 0 Å². The average Bonchev–Trinajstić information content (AvgIpc) is 3.11. The third kappa shape index (κ3) is 8.38. The fourth-order valence-corrected chi connectivity index (χ4v) is 10.2. The Bertz CT molecular complexity index is 1040. The first-order valence-corrected chi connectivity index (χ1v) is 18.9. The van der Waals surface area contributed by atoms with E-state index < -0.39 is 28.5 Å². The predicted molar refractivity (Wildman–Crippen MR) is 186 cm³/mol. The molecule has 1 atom stereocenters. The molecule has 0 aromatic heterocycles. The van der Waals surface area contributed by atoms with Crippen molar-refractivity contribution in [1.82, 2.24) is 14.9 Å². The molecular weight excluding hydrogens is 594 g/mol. The molecule has 0 aromatic carbocycles. The van der Waals surface area contributed by atoms with Gasteiger partial charge in [0.15, 0.2) is 5.60 Å². The summed E-state index contributed by atoms with van der Waals surface area (Å²) in [5.41, 5.74) is -3.15. The fourth-order valence-electron chi connectivity index (χ4n) is 10.2. The lowest BCUT2D eigenvalue weighted by atomic mass is 9.72. The summed E-state index contributed by atoms with van der Waals surface area (Å²) in [4.78, 5) is 37.8. The van der Waals surface area contributed by atoms with Gasteiger partial charge in [0, 0.05) is 60.8 Å². The zero-order chi connectivity index (χ0) is 34.9. The van der Waals surface area contributed by atoms with Crippen LogP contribution in [0, 0.1) is 0 Å². The zero-order valence-electron chi connectivity index (χ0n) is 31.7. The first-order valence-electron chi connectivity index (χ1n) is 18.9. The van der Waals surface area contributed by atoms with Crippen molar-refractivity contribution in [2.45, 2.75) is 211 Å². The second-order valence-corrected chi connectivity index (χ2v) is 17.7. The summed E-state index contributed by atoms with van der Waals surface area (Å²) in [5, 5.41) is 14.1. The molecule has 3 heterocycles. The number of rotatable bonds is 8. The number of hydrogen-bond donors (Lipinski definition) is 1. The molecule has 9 nitrogen and oxygen atoms in total. The molecule has 4 rings (SSSR count). The van der Waals surface area contributed by atoms with Gasteiger partial charge in [-0.25, -0.2) is 0 Å². The number of carbonyl (C=O) groups excluding carboxylic acids is 2. The molecule has 4 aliphatic rings. The summed E-state index contributed by atoms with van der Waals surface area (Å²) in [7, 11) is 0. The number of aliphatic hydroxyl groups is 1. The number of β-amino-alcohol motifs (C(OH)–C–C–N with tert-alkyl or cyclic N) is 1. The van der Waals surface area contributed by atoms with Crippen molar-refractivity contribution in [2.24, 2.45) is 0 Å². The smallest absolute Gasteiger partial charge is 0.305 e. The number of ether oxygens (including phenoxy) is 2. The lowest BCUT2D eigenvalue weighted by molar-refractivity contribution is -0.308. The van der Waals surface area contributed by atoms with Crippen molar-refractivity contribution >= 4 is 11.9 Å². The number of amides is 1. The standard InChI is InChI=1S/C38H69N3O6/c1-11-31(43)46-30-23-33(3,4)40(34(5,6)24-30)26-29(42)25-39-32(44)37(27-35(7,8)41(45-12-2)36(9,10)28-37)47-38(39)21-19-17-15-13-14-16-18-20-22-38/h29-30,42H,11-28H2,1-10H3. The Morgan fingerprint density at radius 2 is 1.30 bits per heavy atom. The zero-order valence-corrected chi connectivity index (χ0v) is 31.7. The van der Waals surface area contributed by atoms with Crippen molar-refractivity contribution in [3.63, 3.8) is 0 Å². The molecule has 1 N–H and O–H groups in total.